The zero-order valence-corrected chi connectivity index (χ0v) is 34.3. The number of carbonyl (C=O) groups is 4. The molecule has 0 heterocycles. The molecule has 0 aromatic heterocycles. The number of hydrogen-bond acceptors (Lipinski definition) is 8. The lowest BCUT2D eigenvalue weighted by Gasteiger charge is -2.25. The summed E-state index contributed by atoms with van der Waals surface area (Å²) >= 11 is 0. The van der Waals surface area contributed by atoms with Gasteiger partial charge in [0.25, 0.3) is 0 Å². The molecule has 12 nitrogen and oxygen atoms in total. The number of carbonyl (C=O) groups excluding carboxylic acids is 3. The van der Waals surface area contributed by atoms with Gasteiger partial charge < -0.3 is 36.7 Å². The van der Waals surface area contributed by atoms with Gasteiger partial charge in [0.05, 0.1) is 19.1 Å². The summed E-state index contributed by atoms with van der Waals surface area (Å²) < 4.78 is 10.9. The van der Waals surface area contributed by atoms with Gasteiger partial charge in [0.15, 0.2) is 5.96 Å². The molecule has 0 fully saturated rings. The maximum atomic E-state index is 13.2. The largest absolute Gasteiger partial charge is 0.481 e. The van der Waals surface area contributed by atoms with Crippen molar-refractivity contribution in [2.24, 2.45) is 22.2 Å². The maximum absolute atomic E-state index is 13.2. The summed E-state index contributed by atoms with van der Waals surface area (Å²) in [4.78, 5) is 53.9. The molecule has 0 spiro atoms. The fourth-order valence-corrected chi connectivity index (χ4v) is 6.49. The van der Waals surface area contributed by atoms with Crippen LogP contribution in [0.3, 0.4) is 0 Å². The Hall–Kier alpha value is -2.89. The van der Waals surface area contributed by atoms with E-state index in [0.717, 1.165) is 64.2 Å². The zero-order valence-electron chi connectivity index (χ0n) is 34.3. The smallest absolute Gasteiger partial charge is 0.305 e. The van der Waals surface area contributed by atoms with Crippen LogP contribution in [0.4, 0.5) is 0 Å². The molecule has 12 heteroatoms. The van der Waals surface area contributed by atoms with Gasteiger partial charge in [-0.15, -0.1) is 0 Å². The summed E-state index contributed by atoms with van der Waals surface area (Å²) in [5.41, 5.74) is 17.0. The highest BCUT2D eigenvalue weighted by molar-refractivity contribution is 5.81. The third-order valence-electron chi connectivity index (χ3n) is 9.85. The zero-order chi connectivity index (χ0) is 39.9. The van der Waals surface area contributed by atoms with Crippen molar-refractivity contribution in [1.82, 2.24) is 4.90 Å². The highest BCUT2D eigenvalue weighted by Crippen LogP contribution is 2.15. The first-order chi connectivity index (χ1) is 26.2. The van der Waals surface area contributed by atoms with Crippen LogP contribution in [0.5, 0.6) is 0 Å². The highest BCUT2D eigenvalue weighted by Gasteiger charge is 2.21. The summed E-state index contributed by atoms with van der Waals surface area (Å²) in [5, 5.41) is 8.68. The van der Waals surface area contributed by atoms with Crippen LogP contribution < -0.4 is 17.2 Å². The quantitative estimate of drug-likeness (QED) is 0.0203. The lowest BCUT2D eigenvalue weighted by atomic mass is 10.0. The average molecular weight is 768 g/mol. The van der Waals surface area contributed by atoms with Gasteiger partial charge in [-0.05, 0) is 32.1 Å². The fourth-order valence-electron chi connectivity index (χ4n) is 6.49. The highest BCUT2D eigenvalue weighted by atomic mass is 16.5. The summed E-state index contributed by atoms with van der Waals surface area (Å²) in [6.45, 7) is 3.08. The molecule has 316 valence electrons. The van der Waals surface area contributed by atoms with Crippen LogP contribution in [-0.4, -0.2) is 78.7 Å². The standard InChI is InChI=1S/C42H81N5O7/c1-2-3-4-5-6-7-8-9-13-16-19-22-25-30-39(50)53-35-33-47(41(52)37(43)28-27-32-46-42(44)45)34-36-54-40(51)31-26-23-20-17-14-11-10-12-15-18-21-24-29-38(48)49/h37H,2-36,43H2,1H3,(H,48,49)(H4,44,45,46)/t37-/m0/s1. The Morgan fingerprint density at radius 2 is 0.907 bits per heavy atom. The van der Waals surface area contributed by atoms with Crippen LogP contribution in [0.15, 0.2) is 4.99 Å². The van der Waals surface area contributed by atoms with Gasteiger partial charge in [-0.25, -0.2) is 0 Å². The third kappa shape index (κ3) is 36.1. The Morgan fingerprint density at radius 1 is 0.556 bits per heavy atom. The number of carboxylic acid groups (broad SMARTS) is 1. The van der Waals surface area contributed by atoms with Crippen molar-refractivity contribution in [3.05, 3.63) is 0 Å². The molecule has 54 heavy (non-hydrogen) atoms. The molecule has 0 unspecified atom stereocenters. The van der Waals surface area contributed by atoms with E-state index in [1.807, 2.05) is 0 Å². The predicted molar refractivity (Wildman–Crippen MR) is 219 cm³/mol. The lowest BCUT2D eigenvalue weighted by molar-refractivity contribution is -0.148. The molecule has 0 saturated carbocycles. The first kappa shape index (κ1) is 51.1. The van der Waals surface area contributed by atoms with E-state index in [2.05, 4.69) is 11.9 Å². The Bertz CT molecular complexity index is 961. The van der Waals surface area contributed by atoms with Crippen molar-refractivity contribution in [2.75, 3.05) is 32.8 Å². The summed E-state index contributed by atoms with van der Waals surface area (Å²) in [6, 6.07) is -0.771. The average Bonchev–Trinajstić information content (AvgIpc) is 3.14. The predicted octanol–water partition coefficient (Wildman–Crippen LogP) is 8.31. The van der Waals surface area contributed by atoms with Crippen molar-refractivity contribution in [3.63, 3.8) is 0 Å². The molecule has 1 amide bonds. The Morgan fingerprint density at radius 3 is 1.26 bits per heavy atom. The van der Waals surface area contributed by atoms with Gasteiger partial charge in [-0.3, -0.25) is 24.2 Å². The number of nitrogens with two attached hydrogens (primary N) is 3. The number of amides is 1. The minimum atomic E-state index is -0.771. The third-order valence-corrected chi connectivity index (χ3v) is 9.85. The summed E-state index contributed by atoms with van der Waals surface area (Å²) in [5.74, 6) is -1.56. The van der Waals surface area contributed by atoms with E-state index >= 15 is 0 Å². The molecule has 0 bridgehead atoms. The first-order valence-corrected chi connectivity index (χ1v) is 21.8. The number of carboxylic acids is 1. The normalized spacial score (nSPS) is 11.6. The second-order valence-corrected chi connectivity index (χ2v) is 15.0. The Kier molecular flexibility index (Phi) is 36.3. The molecule has 0 rings (SSSR count). The van der Waals surface area contributed by atoms with Crippen LogP contribution >= 0.6 is 0 Å². The molecule has 0 saturated heterocycles. The van der Waals surface area contributed by atoms with Gasteiger partial charge in [-0.1, -0.05) is 148 Å². The fraction of sp³-hybridized carbons (Fsp3) is 0.881. The monoisotopic (exact) mass is 768 g/mol. The van der Waals surface area contributed by atoms with Crippen LogP contribution in [0.2, 0.25) is 0 Å². The van der Waals surface area contributed by atoms with E-state index in [9.17, 15) is 19.2 Å². The van der Waals surface area contributed by atoms with Crippen LogP contribution in [0.25, 0.3) is 0 Å². The summed E-state index contributed by atoms with van der Waals surface area (Å²) in [7, 11) is 0. The SMILES string of the molecule is CCCCCCCCCCCCCCCC(=O)OCCN(CCOC(=O)CCCCCCCCCCCCCCC(=O)O)C(=O)[C@@H](N)CCCN=C(N)N. The molecule has 0 aliphatic rings. The molecule has 1 atom stereocenters. The van der Waals surface area contributed by atoms with E-state index in [4.69, 9.17) is 31.8 Å². The van der Waals surface area contributed by atoms with E-state index in [1.165, 1.54) is 101 Å². The van der Waals surface area contributed by atoms with Crippen molar-refractivity contribution in [2.45, 2.75) is 206 Å². The lowest BCUT2D eigenvalue weighted by Crippen LogP contribution is -2.46. The number of hydrogen-bond donors (Lipinski definition) is 4. The Balaban J connectivity index is 4.25. The van der Waals surface area contributed by atoms with Crippen LogP contribution in [0.1, 0.15) is 200 Å². The van der Waals surface area contributed by atoms with E-state index in [1.54, 1.807) is 0 Å². The van der Waals surface area contributed by atoms with Gasteiger partial charge in [-0.2, -0.15) is 0 Å². The topological polar surface area (TPSA) is 201 Å². The molecule has 0 aromatic carbocycles. The van der Waals surface area contributed by atoms with Crippen LogP contribution in [0, 0.1) is 0 Å². The number of guanidine groups is 1. The first-order valence-electron chi connectivity index (χ1n) is 21.8. The van der Waals surface area contributed by atoms with Gasteiger partial charge in [0.2, 0.25) is 5.91 Å². The van der Waals surface area contributed by atoms with Crippen molar-refractivity contribution in [1.29, 1.82) is 0 Å². The number of unbranched alkanes of at least 4 members (excludes halogenated alkanes) is 23. The number of nitrogens with zero attached hydrogens (tertiary/aromatic N) is 2. The van der Waals surface area contributed by atoms with Crippen LogP contribution in [-0.2, 0) is 28.7 Å². The second-order valence-electron chi connectivity index (χ2n) is 15.0. The van der Waals surface area contributed by atoms with Gasteiger partial charge >= 0.3 is 17.9 Å². The van der Waals surface area contributed by atoms with E-state index < -0.39 is 12.0 Å². The van der Waals surface area contributed by atoms with Gasteiger partial charge in [0, 0.05) is 25.8 Å². The van der Waals surface area contributed by atoms with Crippen molar-refractivity contribution < 1.29 is 33.8 Å². The summed E-state index contributed by atoms with van der Waals surface area (Å²) in [6.07, 6.45) is 30.9. The minimum absolute atomic E-state index is 0.00932. The van der Waals surface area contributed by atoms with E-state index in [-0.39, 0.29) is 56.5 Å². The second kappa shape index (κ2) is 38.4. The maximum Gasteiger partial charge on any atom is 0.305 e. The minimum Gasteiger partial charge on any atom is -0.481 e. The molecule has 0 aliphatic carbocycles. The number of esters is 2. The molecule has 0 aromatic rings. The van der Waals surface area contributed by atoms with E-state index in [0.29, 0.717) is 32.2 Å². The number of ether oxygens (including phenoxy) is 2. The number of aliphatic carboxylic acids is 1. The number of rotatable bonds is 40. The Labute approximate surface area is 328 Å². The van der Waals surface area contributed by atoms with Gasteiger partial charge in [0.1, 0.15) is 13.2 Å². The molecule has 0 aliphatic heterocycles. The molecular weight excluding hydrogens is 686 g/mol. The van der Waals surface area contributed by atoms with Crippen molar-refractivity contribution in [3.8, 4) is 0 Å². The molecule has 0 radical (unpaired) electrons. The number of aliphatic imine (C=N–C) groups is 1. The molecular formula is C42H81N5O7. The molecule has 7 N–H and O–H groups in total. The van der Waals surface area contributed by atoms with Crippen molar-refractivity contribution >= 4 is 29.8 Å².